The third-order valence-corrected chi connectivity index (χ3v) is 2.76. The summed E-state index contributed by atoms with van der Waals surface area (Å²) in [5.74, 6) is 1.38. The quantitative estimate of drug-likeness (QED) is 0.555. The number of hydrogen-bond donors (Lipinski definition) is 0. The largest absolute Gasteiger partial charge is 0.249 e. The molecule has 0 aromatic heterocycles. The molecule has 0 atom stereocenters. The van der Waals surface area contributed by atoms with Crippen molar-refractivity contribution in [2.24, 2.45) is 0 Å². The maximum Gasteiger partial charge on any atom is -0.0201 e. The molecular weight excluding hydrogens is 140 g/mol. The monoisotopic (exact) mass is 160 g/mol. The highest BCUT2D eigenvalue weighted by Crippen LogP contribution is 2.34. The van der Waals surface area contributed by atoms with Gasteiger partial charge in [-0.2, -0.15) is 0 Å². The van der Waals surface area contributed by atoms with Crippen molar-refractivity contribution < 1.29 is 0 Å². The minimum absolute atomic E-state index is 0.256. The highest BCUT2D eigenvalue weighted by Gasteiger charge is 1.99. The third kappa shape index (κ3) is 8.09. The van der Waals surface area contributed by atoms with E-state index in [4.69, 9.17) is 0 Å². The van der Waals surface area contributed by atoms with Crippen LogP contribution in [-0.2, 0) is 0 Å². The molecule has 0 N–H and O–H groups in total. The minimum atomic E-state index is -0.256. The second-order valence-corrected chi connectivity index (χ2v) is 8.05. The summed E-state index contributed by atoms with van der Waals surface area (Å²) in [6.07, 6.45) is 14.1. The average Bonchev–Trinajstić information content (AvgIpc) is 1.78. The van der Waals surface area contributed by atoms with Crippen LogP contribution in [0.5, 0.6) is 0 Å². The number of hydrogen-bond acceptors (Lipinski definition) is 0. The summed E-state index contributed by atoms with van der Waals surface area (Å²) in [4.78, 5) is 0. The van der Waals surface area contributed by atoms with Crippen molar-refractivity contribution in [2.75, 3.05) is 24.5 Å². The maximum absolute atomic E-state index is 2.37. The van der Waals surface area contributed by atoms with E-state index >= 15 is 0 Å². The Morgan fingerprint density at radius 1 is 1.10 bits per heavy atom. The SMILES string of the molecule is CCC=CCCS(C)(C)C. The molecule has 0 unspecified atom stereocenters. The van der Waals surface area contributed by atoms with Crippen molar-refractivity contribution in [3.63, 3.8) is 0 Å². The van der Waals surface area contributed by atoms with Gasteiger partial charge in [-0.15, -0.1) is 0 Å². The molecule has 0 radical (unpaired) electrons. The van der Waals surface area contributed by atoms with Gasteiger partial charge < -0.3 is 0 Å². The van der Waals surface area contributed by atoms with Gasteiger partial charge in [0.25, 0.3) is 0 Å². The summed E-state index contributed by atoms with van der Waals surface area (Å²) < 4.78 is 0. The van der Waals surface area contributed by atoms with Crippen LogP contribution in [0.1, 0.15) is 19.8 Å². The van der Waals surface area contributed by atoms with Gasteiger partial charge in [0.1, 0.15) is 0 Å². The van der Waals surface area contributed by atoms with E-state index in [9.17, 15) is 0 Å². The lowest BCUT2D eigenvalue weighted by Gasteiger charge is -2.23. The predicted octanol–water partition coefficient (Wildman–Crippen LogP) is 3.04. The van der Waals surface area contributed by atoms with Crippen LogP contribution in [0.15, 0.2) is 12.2 Å². The zero-order valence-corrected chi connectivity index (χ0v) is 8.50. The first-order valence-electron chi connectivity index (χ1n) is 3.87. The van der Waals surface area contributed by atoms with E-state index in [-0.39, 0.29) is 10.0 Å². The van der Waals surface area contributed by atoms with Crippen LogP contribution in [0.2, 0.25) is 0 Å². The van der Waals surface area contributed by atoms with Crippen LogP contribution in [0.4, 0.5) is 0 Å². The van der Waals surface area contributed by atoms with Crippen LogP contribution < -0.4 is 0 Å². The fraction of sp³-hybridized carbons (Fsp3) is 0.778. The van der Waals surface area contributed by atoms with Gasteiger partial charge in [0.15, 0.2) is 0 Å². The molecular formula is C9H20S. The summed E-state index contributed by atoms with van der Waals surface area (Å²) in [7, 11) is -0.256. The summed E-state index contributed by atoms with van der Waals surface area (Å²) in [5.41, 5.74) is 0. The van der Waals surface area contributed by atoms with E-state index in [1.807, 2.05) is 0 Å². The van der Waals surface area contributed by atoms with Gasteiger partial charge in [-0.1, -0.05) is 19.1 Å². The van der Waals surface area contributed by atoms with Crippen molar-refractivity contribution in [2.45, 2.75) is 19.8 Å². The molecule has 0 saturated heterocycles. The Morgan fingerprint density at radius 2 is 1.70 bits per heavy atom. The molecule has 62 valence electrons. The van der Waals surface area contributed by atoms with Crippen LogP contribution in [-0.4, -0.2) is 24.5 Å². The topological polar surface area (TPSA) is 0 Å². The summed E-state index contributed by atoms with van der Waals surface area (Å²) in [5, 5.41) is 0. The zero-order chi connectivity index (χ0) is 8.04. The molecule has 10 heavy (non-hydrogen) atoms. The Labute approximate surface area is 67.0 Å². The lowest BCUT2D eigenvalue weighted by Crippen LogP contribution is -1.96. The lowest BCUT2D eigenvalue weighted by atomic mass is 10.4. The molecule has 0 aliphatic heterocycles. The lowest BCUT2D eigenvalue weighted by molar-refractivity contribution is 1.16. The first-order valence-corrected chi connectivity index (χ1v) is 6.90. The molecule has 0 bridgehead atoms. The first-order chi connectivity index (χ1) is 4.56. The first kappa shape index (κ1) is 10.1. The number of rotatable bonds is 4. The molecule has 0 aliphatic rings. The highest BCUT2D eigenvalue weighted by atomic mass is 32.3. The van der Waals surface area contributed by atoms with Crippen molar-refractivity contribution in [3.05, 3.63) is 12.2 Å². The molecule has 0 rings (SSSR count). The Kier molecular flexibility index (Phi) is 4.88. The summed E-state index contributed by atoms with van der Waals surface area (Å²) in [6.45, 7) is 2.18. The molecule has 0 amide bonds. The third-order valence-electron chi connectivity index (χ3n) is 1.30. The van der Waals surface area contributed by atoms with Gasteiger partial charge in [0, 0.05) is 0 Å². The van der Waals surface area contributed by atoms with E-state index in [0.29, 0.717) is 0 Å². The van der Waals surface area contributed by atoms with Crippen molar-refractivity contribution in [1.29, 1.82) is 0 Å². The molecule has 0 heterocycles. The highest BCUT2D eigenvalue weighted by molar-refractivity contribution is 8.32. The molecule has 0 aliphatic carbocycles. The Morgan fingerprint density at radius 3 is 2.10 bits per heavy atom. The molecule has 0 saturated carbocycles. The summed E-state index contributed by atoms with van der Waals surface area (Å²) >= 11 is 0. The van der Waals surface area contributed by atoms with Gasteiger partial charge in [-0.25, -0.2) is 10.0 Å². The number of allylic oxidation sites excluding steroid dienone is 2. The van der Waals surface area contributed by atoms with E-state index in [2.05, 4.69) is 37.8 Å². The van der Waals surface area contributed by atoms with E-state index in [1.54, 1.807) is 0 Å². The van der Waals surface area contributed by atoms with Crippen LogP contribution in [0.3, 0.4) is 0 Å². The molecule has 0 aromatic rings. The second kappa shape index (κ2) is 4.84. The fourth-order valence-electron chi connectivity index (χ4n) is 0.706. The molecule has 0 aromatic carbocycles. The maximum atomic E-state index is 2.37. The van der Waals surface area contributed by atoms with Crippen LogP contribution >= 0.6 is 10.0 Å². The minimum Gasteiger partial charge on any atom is -0.249 e. The van der Waals surface area contributed by atoms with Crippen LogP contribution in [0.25, 0.3) is 0 Å². The van der Waals surface area contributed by atoms with E-state index in [0.717, 1.165) is 0 Å². The Bertz CT molecular complexity index is 97.8. The molecule has 1 heteroatoms. The van der Waals surface area contributed by atoms with Gasteiger partial charge >= 0.3 is 0 Å². The zero-order valence-electron chi connectivity index (χ0n) is 7.68. The predicted molar refractivity (Wildman–Crippen MR) is 54.3 cm³/mol. The smallest absolute Gasteiger partial charge is 0.0201 e. The van der Waals surface area contributed by atoms with Crippen LogP contribution in [0, 0.1) is 0 Å². The summed E-state index contributed by atoms with van der Waals surface area (Å²) in [6, 6.07) is 0. The van der Waals surface area contributed by atoms with Gasteiger partial charge in [0.05, 0.1) is 0 Å². The standard InChI is InChI=1S/C9H20S/c1-5-6-7-8-9-10(2,3)4/h6-7H,5,8-9H2,1-4H3. The molecule has 0 fully saturated rings. The second-order valence-electron chi connectivity index (χ2n) is 3.46. The van der Waals surface area contributed by atoms with Crippen molar-refractivity contribution in [1.82, 2.24) is 0 Å². The van der Waals surface area contributed by atoms with Crippen molar-refractivity contribution >= 4 is 10.0 Å². The van der Waals surface area contributed by atoms with Gasteiger partial charge in [0.2, 0.25) is 0 Å². The van der Waals surface area contributed by atoms with Gasteiger partial charge in [-0.3, -0.25) is 0 Å². The Hall–Kier alpha value is 0.0900. The fourth-order valence-corrected chi connectivity index (χ4v) is 1.55. The Balaban J connectivity index is 3.28. The van der Waals surface area contributed by atoms with Gasteiger partial charge in [-0.05, 0) is 37.4 Å². The van der Waals surface area contributed by atoms with Crippen molar-refractivity contribution in [3.8, 4) is 0 Å². The molecule has 0 nitrogen and oxygen atoms in total. The van der Waals surface area contributed by atoms with E-state index in [1.165, 1.54) is 18.6 Å². The van der Waals surface area contributed by atoms with E-state index < -0.39 is 0 Å². The normalized spacial score (nSPS) is 14.4. The molecule has 0 spiro atoms. The average molecular weight is 160 g/mol.